The number of rotatable bonds is 10. The Balaban J connectivity index is 1.50. The number of carbonyl (C=O) groups excluding carboxylic acids is 1. The Kier molecular flexibility index (Phi) is 7.63. The zero-order chi connectivity index (χ0) is 22.4. The summed E-state index contributed by atoms with van der Waals surface area (Å²) in [6, 6.07) is 11.4. The minimum atomic E-state index is -0.326. The Morgan fingerprint density at radius 1 is 1.00 bits per heavy atom. The minimum Gasteiger partial charge on any atom is -0.493 e. The van der Waals surface area contributed by atoms with Crippen LogP contribution >= 0.6 is 0 Å². The molecule has 0 saturated heterocycles. The van der Waals surface area contributed by atoms with E-state index in [4.69, 9.17) is 18.9 Å². The lowest BCUT2D eigenvalue weighted by atomic mass is 10.1. The number of amides is 1. The van der Waals surface area contributed by atoms with Gasteiger partial charge in [0.1, 0.15) is 0 Å². The van der Waals surface area contributed by atoms with Crippen LogP contribution in [0.4, 0.5) is 0 Å². The van der Waals surface area contributed by atoms with Crippen molar-refractivity contribution in [3.8, 4) is 23.0 Å². The predicted molar refractivity (Wildman–Crippen MR) is 119 cm³/mol. The second kappa shape index (κ2) is 10.4. The molecule has 1 aliphatic rings. The van der Waals surface area contributed by atoms with Crippen molar-refractivity contribution in [1.82, 2.24) is 9.80 Å². The third-order valence-corrected chi connectivity index (χ3v) is 5.59. The molecule has 0 fully saturated rings. The van der Waals surface area contributed by atoms with Gasteiger partial charge in [0.25, 0.3) is 5.91 Å². The van der Waals surface area contributed by atoms with Crippen molar-refractivity contribution in [3.05, 3.63) is 47.5 Å². The maximum atomic E-state index is 12.9. The van der Waals surface area contributed by atoms with Gasteiger partial charge >= 0.3 is 0 Å². The highest BCUT2D eigenvalue weighted by atomic mass is 16.5. The largest absolute Gasteiger partial charge is 0.493 e. The van der Waals surface area contributed by atoms with Crippen LogP contribution in [0.3, 0.4) is 0 Å². The number of hydrogen-bond acceptors (Lipinski definition) is 6. The van der Waals surface area contributed by atoms with Crippen LogP contribution in [-0.4, -0.2) is 69.9 Å². The lowest BCUT2D eigenvalue weighted by Crippen LogP contribution is -2.46. The van der Waals surface area contributed by atoms with Gasteiger partial charge in [-0.1, -0.05) is 12.1 Å². The van der Waals surface area contributed by atoms with Crippen LogP contribution in [0.25, 0.3) is 0 Å². The molecule has 0 radical (unpaired) electrons. The first-order valence-electron chi connectivity index (χ1n) is 10.5. The van der Waals surface area contributed by atoms with Crippen LogP contribution < -0.4 is 18.9 Å². The topological polar surface area (TPSA) is 60.5 Å². The molecular weight excluding hydrogens is 396 g/mol. The van der Waals surface area contributed by atoms with Gasteiger partial charge in [-0.3, -0.25) is 4.79 Å². The summed E-state index contributed by atoms with van der Waals surface area (Å²) in [5, 5.41) is 0. The molecule has 0 N–H and O–H groups in total. The first-order chi connectivity index (χ1) is 15.0. The van der Waals surface area contributed by atoms with E-state index in [0.717, 1.165) is 37.4 Å². The molecule has 7 heteroatoms. The molecule has 3 rings (SSSR count). The van der Waals surface area contributed by atoms with Gasteiger partial charge in [-0.25, -0.2) is 0 Å². The highest BCUT2D eigenvalue weighted by Gasteiger charge is 2.32. The number of hydrogen-bond donors (Lipinski definition) is 0. The molecule has 0 aliphatic carbocycles. The first-order valence-corrected chi connectivity index (χ1v) is 10.5. The number of carbonyl (C=O) groups is 1. The molecule has 2 aromatic carbocycles. The SMILES string of the molecule is COc1ccc(CCN(C)CCCN2C(=O)c3cccc(OC)c3OC2C)cc1OC. The molecule has 168 valence electrons. The van der Waals surface area contributed by atoms with Gasteiger partial charge in [0.05, 0.1) is 26.9 Å². The summed E-state index contributed by atoms with van der Waals surface area (Å²) in [5.74, 6) is 2.59. The third-order valence-electron chi connectivity index (χ3n) is 5.59. The fourth-order valence-electron chi connectivity index (χ4n) is 3.78. The van der Waals surface area contributed by atoms with E-state index < -0.39 is 0 Å². The number of benzene rings is 2. The summed E-state index contributed by atoms with van der Waals surface area (Å²) < 4.78 is 22.0. The molecular formula is C24H32N2O5. The molecule has 2 aromatic rings. The van der Waals surface area contributed by atoms with E-state index in [1.807, 2.05) is 31.2 Å². The van der Waals surface area contributed by atoms with E-state index in [-0.39, 0.29) is 12.1 Å². The lowest BCUT2D eigenvalue weighted by Gasteiger charge is -2.35. The van der Waals surface area contributed by atoms with Gasteiger partial charge in [-0.05, 0) is 63.2 Å². The molecule has 1 amide bonds. The van der Waals surface area contributed by atoms with Crippen molar-refractivity contribution in [2.24, 2.45) is 0 Å². The lowest BCUT2D eigenvalue weighted by molar-refractivity contribution is 0.0157. The summed E-state index contributed by atoms with van der Waals surface area (Å²) in [7, 11) is 6.96. The average Bonchev–Trinajstić information content (AvgIpc) is 2.79. The zero-order valence-electron chi connectivity index (χ0n) is 19.0. The highest BCUT2D eigenvalue weighted by Crippen LogP contribution is 2.36. The van der Waals surface area contributed by atoms with Crippen LogP contribution in [-0.2, 0) is 6.42 Å². The maximum absolute atomic E-state index is 12.9. The first kappa shape index (κ1) is 22.7. The van der Waals surface area contributed by atoms with Gasteiger partial charge in [0.15, 0.2) is 29.2 Å². The number of para-hydroxylation sites is 1. The van der Waals surface area contributed by atoms with Crippen LogP contribution in [0.1, 0.15) is 29.3 Å². The maximum Gasteiger partial charge on any atom is 0.260 e. The molecule has 0 saturated carbocycles. The summed E-state index contributed by atoms with van der Waals surface area (Å²) in [6.45, 7) is 4.33. The van der Waals surface area contributed by atoms with Crippen LogP contribution in [0.15, 0.2) is 36.4 Å². The summed E-state index contributed by atoms with van der Waals surface area (Å²) >= 11 is 0. The molecule has 1 heterocycles. The zero-order valence-corrected chi connectivity index (χ0v) is 19.0. The van der Waals surface area contributed by atoms with E-state index in [0.29, 0.717) is 23.6 Å². The fourth-order valence-corrected chi connectivity index (χ4v) is 3.78. The minimum absolute atomic E-state index is 0.0133. The fraction of sp³-hybridized carbons (Fsp3) is 0.458. The Hall–Kier alpha value is -2.93. The van der Waals surface area contributed by atoms with Crippen LogP contribution in [0.5, 0.6) is 23.0 Å². The van der Waals surface area contributed by atoms with E-state index in [2.05, 4.69) is 18.0 Å². The van der Waals surface area contributed by atoms with Gasteiger partial charge in [-0.2, -0.15) is 0 Å². The molecule has 1 atom stereocenters. The van der Waals surface area contributed by atoms with Gasteiger partial charge in [0.2, 0.25) is 0 Å². The van der Waals surface area contributed by atoms with Crippen molar-refractivity contribution in [3.63, 3.8) is 0 Å². The normalized spacial score (nSPS) is 15.5. The number of methoxy groups -OCH3 is 3. The Bertz CT molecular complexity index is 902. The molecule has 0 bridgehead atoms. The van der Waals surface area contributed by atoms with Crippen molar-refractivity contribution in [2.45, 2.75) is 26.0 Å². The second-order valence-corrected chi connectivity index (χ2v) is 7.65. The van der Waals surface area contributed by atoms with Crippen molar-refractivity contribution in [2.75, 3.05) is 48.0 Å². The van der Waals surface area contributed by atoms with Crippen LogP contribution in [0.2, 0.25) is 0 Å². The van der Waals surface area contributed by atoms with Crippen molar-refractivity contribution in [1.29, 1.82) is 0 Å². The number of likely N-dealkylation sites (N-methyl/N-ethyl adjacent to an activating group) is 1. The monoisotopic (exact) mass is 428 g/mol. The standard InChI is InChI=1S/C24H32N2O5/c1-17-26(24(27)19-8-6-9-21(29-4)23(19)31-17)14-7-13-25(2)15-12-18-10-11-20(28-3)22(16-18)30-5/h6,8-11,16-17H,7,12-15H2,1-5H3. The Morgan fingerprint density at radius 3 is 2.45 bits per heavy atom. The van der Waals surface area contributed by atoms with Crippen molar-refractivity contribution < 1.29 is 23.7 Å². The van der Waals surface area contributed by atoms with E-state index in [1.54, 1.807) is 32.3 Å². The van der Waals surface area contributed by atoms with Crippen molar-refractivity contribution >= 4 is 5.91 Å². The third kappa shape index (κ3) is 5.22. The molecule has 31 heavy (non-hydrogen) atoms. The molecule has 1 unspecified atom stereocenters. The quantitative estimate of drug-likeness (QED) is 0.578. The van der Waals surface area contributed by atoms with E-state index in [9.17, 15) is 4.79 Å². The van der Waals surface area contributed by atoms with E-state index >= 15 is 0 Å². The Labute approximate surface area is 184 Å². The number of ether oxygens (including phenoxy) is 4. The number of nitrogens with zero attached hydrogens (tertiary/aromatic N) is 2. The predicted octanol–water partition coefficient (Wildman–Crippen LogP) is 3.46. The van der Waals surface area contributed by atoms with Crippen LogP contribution in [0, 0.1) is 0 Å². The van der Waals surface area contributed by atoms with Gasteiger partial charge in [-0.15, -0.1) is 0 Å². The van der Waals surface area contributed by atoms with E-state index in [1.165, 1.54) is 5.56 Å². The number of fused-ring (bicyclic) bond motifs is 1. The smallest absolute Gasteiger partial charge is 0.260 e. The van der Waals surface area contributed by atoms with Gasteiger partial charge < -0.3 is 28.7 Å². The summed E-state index contributed by atoms with van der Waals surface area (Å²) in [4.78, 5) is 17.0. The highest BCUT2D eigenvalue weighted by molar-refractivity contribution is 5.98. The average molecular weight is 429 g/mol. The Morgan fingerprint density at radius 2 is 1.74 bits per heavy atom. The summed E-state index contributed by atoms with van der Waals surface area (Å²) in [5.41, 5.74) is 1.75. The summed E-state index contributed by atoms with van der Waals surface area (Å²) in [6.07, 6.45) is 1.45. The molecule has 0 spiro atoms. The molecule has 1 aliphatic heterocycles. The second-order valence-electron chi connectivity index (χ2n) is 7.65. The molecule has 0 aromatic heterocycles. The molecule has 7 nitrogen and oxygen atoms in total. The van der Waals surface area contributed by atoms with Gasteiger partial charge in [0, 0.05) is 13.1 Å².